The van der Waals surface area contributed by atoms with Crippen LogP contribution in [0.3, 0.4) is 0 Å². The lowest BCUT2D eigenvalue weighted by molar-refractivity contribution is -0.129. The van der Waals surface area contributed by atoms with Crippen LogP contribution < -0.4 is 5.32 Å². The van der Waals surface area contributed by atoms with E-state index in [-0.39, 0.29) is 11.9 Å². The first kappa shape index (κ1) is 14.0. The Kier molecular flexibility index (Phi) is 4.99. The molecule has 0 saturated heterocycles. The van der Waals surface area contributed by atoms with Gasteiger partial charge in [0, 0.05) is 6.04 Å². The zero-order valence-corrected chi connectivity index (χ0v) is 11.3. The molecule has 1 rings (SSSR count). The van der Waals surface area contributed by atoms with Gasteiger partial charge in [0.1, 0.15) is 5.41 Å². The van der Waals surface area contributed by atoms with Gasteiger partial charge in [0.15, 0.2) is 0 Å². The summed E-state index contributed by atoms with van der Waals surface area (Å²) in [6.45, 7) is 6.34. The van der Waals surface area contributed by atoms with Crippen molar-refractivity contribution in [2.24, 2.45) is 11.3 Å². The van der Waals surface area contributed by atoms with Crippen LogP contribution in [0.4, 0.5) is 0 Å². The first-order valence-corrected chi connectivity index (χ1v) is 6.81. The van der Waals surface area contributed by atoms with Crippen LogP contribution in [0, 0.1) is 22.7 Å². The molecule has 3 heteroatoms. The third kappa shape index (κ3) is 3.00. The largest absolute Gasteiger partial charge is 0.352 e. The lowest BCUT2D eigenvalue weighted by Gasteiger charge is -2.27. The first-order valence-electron chi connectivity index (χ1n) is 6.81. The second-order valence-corrected chi connectivity index (χ2v) is 5.24. The molecule has 1 amide bonds. The second-order valence-electron chi connectivity index (χ2n) is 5.24. The summed E-state index contributed by atoms with van der Waals surface area (Å²) in [6.07, 6.45) is 5.59. The fourth-order valence-corrected chi connectivity index (χ4v) is 2.83. The van der Waals surface area contributed by atoms with Crippen molar-refractivity contribution in [1.82, 2.24) is 5.32 Å². The van der Waals surface area contributed by atoms with Crippen LogP contribution in [0.2, 0.25) is 0 Å². The minimum atomic E-state index is -0.736. The Hall–Kier alpha value is -1.04. The monoisotopic (exact) mass is 236 g/mol. The summed E-state index contributed by atoms with van der Waals surface area (Å²) in [4.78, 5) is 12.2. The summed E-state index contributed by atoms with van der Waals surface area (Å²) in [7, 11) is 0. The van der Waals surface area contributed by atoms with Crippen molar-refractivity contribution < 1.29 is 4.79 Å². The number of carbonyl (C=O) groups excluding carboxylic acids is 1. The summed E-state index contributed by atoms with van der Waals surface area (Å²) < 4.78 is 0. The summed E-state index contributed by atoms with van der Waals surface area (Å²) >= 11 is 0. The molecule has 1 fully saturated rings. The van der Waals surface area contributed by atoms with Crippen molar-refractivity contribution in [2.45, 2.75) is 65.3 Å². The number of rotatable bonds is 5. The van der Waals surface area contributed by atoms with Gasteiger partial charge in [-0.1, -0.05) is 39.5 Å². The minimum absolute atomic E-state index is 0.0445. The Morgan fingerprint density at radius 2 is 1.88 bits per heavy atom. The highest BCUT2D eigenvalue weighted by molar-refractivity contribution is 5.85. The quantitative estimate of drug-likeness (QED) is 0.797. The highest BCUT2D eigenvalue weighted by Crippen LogP contribution is 2.37. The minimum Gasteiger partial charge on any atom is -0.352 e. The maximum atomic E-state index is 12.2. The average molecular weight is 236 g/mol. The van der Waals surface area contributed by atoms with E-state index in [0.29, 0.717) is 5.92 Å². The Balaban J connectivity index is 2.62. The molecule has 1 saturated carbocycles. The molecule has 1 atom stereocenters. The zero-order valence-electron chi connectivity index (χ0n) is 11.3. The average Bonchev–Trinajstić information content (AvgIpc) is 2.80. The lowest BCUT2D eigenvalue weighted by atomic mass is 9.86. The highest BCUT2D eigenvalue weighted by atomic mass is 16.2. The van der Waals surface area contributed by atoms with Gasteiger partial charge in [0.25, 0.3) is 0 Å². The Morgan fingerprint density at radius 1 is 1.35 bits per heavy atom. The molecule has 0 bridgehead atoms. The molecule has 1 N–H and O–H groups in total. The van der Waals surface area contributed by atoms with E-state index < -0.39 is 5.41 Å². The van der Waals surface area contributed by atoms with Crippen LogP contribution in [-0.4, -0.2) is 11.9 Å². The van der Waals surface area contributed by atoms with Crippen molar-refractivity contribution >= 4 is 5.91 Å². The first-order chi connectivity index (χ1) is 8.09. The fraction of sp³-hybridized carbons (Fsp3) is 0.857. The number of carbonyl (C=O) groups is 1. The van der Waals surface area contributed by atoms with E-state index in [9.17, 15) is 10.1 Å². The van der Waals surface area contributed by atoms with Crippen LogP contribution >= 0.6 is 0 Å². The standard InChI is InChI=1S/C14H24N2O/c1-4-12(5-2)11(3)16-13(17)14(10-15)8-6-7-9-14/h11-12H,4-9H2,1-3H3,(H,16,17). The van der Waals surface area contributed by atoms with Crippen molar-refractivity contribution in [2.75, 3.05) is 0 Å². The van der Waals surface area contributed by atoms with Crippen molar-refractivity contribution in [3.05, 3.63) is 0 Å². The van der Waals surface area contributed by atoms with Crippen molar-refractivity contribution in [3.63, 3.8) is 0 Å². The number of hydrogen-bond acceptors (Lipinski definition) is 2. The van der Waals surface area contributed by atoms with Gasteiger partial charge in [0.2, 0.25) is 5.91 Å². The molecule has 0 aromatic carbocycles. The van der Waals surface area contributed by atoms with E-state index in [1.807, 2.05) is 0 Å². The highest BCUT2D eigenvalue weighted by Gasteiger charge is 2.42. The number of nitriles is 1. The second kappa shape index (κ2) is 6.05. The van der Waals surface area contributed by atoms with E-state index in [4.69, 9.17) is 0 Å². The summed E-state index contributed by atoms with van der Waals surface area (Å²) in [6, 6.07) is 2.42. The lowest BCUT2D eigenvalue weighted by Crippen LogP contribution is -2.45. The third-order valence-electron chi connectivity index (χ3n) is 4.22. The number of amides is 1. The van der Waals surface area contributed by atoms with Gasteiger partial charge < -0.3 is 5.32 Å². The van der Waals surface area contributed by atoms with Crippen LogP contribution in [-0.2, 0) is 4.79 Å². The summed E-state index contributed by atoms with van der Waals surface area (Å²) in [5.74, 6) is 0.466. The predicted octanol–water partition coefficient (Wildman–Crippen LogP) is 3.01. The number of nitrogens with zero attached hydrogens (tertiary/aromatic N) is 1. The Bertz CT molecular complexity index is 296. The molecular weight excluding hydrogens is 212 g/mol. The normalized spacial score (nSPS) is 19.9. The smallest absolute Gasteiger partial charge is 0.240 e. The van der Waals surface area contributed by atoms with Gasteiger partial charge in [-0.05, 0) is 25.7 Å². The zero-order chi connectivity index (χ0) is 12.9. The SMILES string of the molecule is CCC(CC)C(C)NC(=O)C1(C#N)CCCC1. The number of nitrogens with one attached hydrogen (secondary N) is 1. The summed E-state index contributed by atoms with van der Waals surface area (Å²) in [5, 5.41) is 12.3. The molecule has 17 heavy (non-hydrogen) atoms. The molecule has 0 aromatic heterocycles. The molecular formula is C14H24N2O. The molecule has 1 aliphatic carbocycles. The molecule has 1 unspecified atom stereocenters. The molecule has 0 heterocycles. The Labute approximate surface area is 105 Å². The maximum absolute atomic E-state index is 12.2. The van der Waals surface area contributed by atoms with Gasteiger partial charge in [-0.15, -0.1) is 0 Å². The van der Waals surface area contributed by atoms with E-state index >= 15 is 0 Å². The van der Waals surface area contributed by atoms with Gasteiger partial charge in [0.05, 0.1) is 6.07 Å². The molecule has 3 nitrogen and oxygen atoms in total. The number of hydrogen-bond donors (Lipinski definition) is 1. The van der Waals surface area contributed by atoms with E-state index in [2.05, 4.69) is 32.2 Å². The molecule has 0 spiro atoms. The fourth-order valence-electron chi connectivity index (χ4n) is 2.83. The Morgan fingerprint density at radius 3 is 2.29 bits per heavy atom. The molecule has 0 aromatic rings. The maximum Gasteiger partial charge on any atom is 0.240 e. The van der Waals surface area contributed by atoms with Crippen LogP contribution in [0.5, 0.6) is 0 Å². The van der Waals surface area contributed by atoms with Crippen molar-refractivity contribution in [1.29, 1.82) is 5.26 Å². The van der Waals surface area contributed by atoms with Gasteiger partial charge >= 0.3 is 0 Å². The molecule has 96 valence electrons. The predicted molar refractivity (Wildman–Crippen MR) is 68.2 cm³/mol. The van der Waals surface area contributed by atoms with Crippen LogP contribution in [0.15, 0.2) is 0 Å². The summed E-state index contributed by atoms with van der Waals surface area (Å²) in [5.41, 5.74) is -0.736. The van der Waals surface area contributed by atoms with Gasteiger partial charge in [-0.2, -0.15) is 5.26 Å². The van der Waals surface area contributed by atoms with E-state index in [1.165, 1.54) is 0 Å². The van der Waals surface area contributed by atoms with E-state index in [0.717, 1.165) is 38.5 Å². The van der Waals surface area contributed by atoms with E-state index in [1.54, 1.807) is 0 Å². The molecule has 1 aliphatic rings. The van der Waals surface area contributed by atoms with Crippen LogP contribution in [0.1, 0.15) is 59.3 Å². The van der Waals surface area contributed by atoms with Crippen molar-refractivity contribution in [3.8, 4) is 6.07 Å². The topological polar surface area (TPSA) is 52.9 Å². The third-order valence-corrected chi connectivity index (χ3v) is 4.22. The van der Waals surface area contributed by atoms with Crippen LogP contribution in [0.25, 0.3) is 0 Å². The van der Waals surface area contributed by atoms with Gasteiger partial charge in [-0.3, -0.25) is 4.79 Å². The molecule has 0 aliphatic heterocycles. The van der Waals surface area contributed by atoms with Gasteiger partial charge in [-0.25, -0.2) is 0 Å². The molecule has 0 radical (unpaired) electrons.